The van der Waals surface area contributed by atoms with Crippen LogP contribution in [0, 0.1) is 0 Å². The fourth-order valence-corrected chi connectivity index (χ4v) is 2.33. The SMILES string of the molecule is CCNC(=NCc1cccnc1OCC)NCC1CCCO1. The Labute approximate surface area is 132 Å². The average Bonchev–Trinajstić information content (AvgIpc) is 3.05. The second-order valence-electron chi connectivity index (χ2n) is 5.11. The monoisotopic (exact) mass is 306 g/mol. The molecule has 1 fully saturated rings. The van der Waals surface area contributed by atoms with Gasteiger partial charge in [0.25, 0.3) is 0 Å². The molecule has 6 nitrogen and oxygen atoms in total. The summed E-state index contributed by atoms with van der Waals surface area (Å²) in [5.74, 6) is 1.45. The van der Waals surface area contributed by atoms with Crippen molar-refractivity contribution in [2.24, 2.45) is 4.99 Å². The number of aromatic nitrogens is 1. The van der Waals surface area contributed by atoms with Crippen LogP contribution in [-0.4, -0.2) is 43.4 Å². The zero-order valence-corrected chi connectivity index (χ0v) is 13.5. The summed E-state index contributed by atoms with van der Waals surface area (Å²) in [7, 11) is 0. The van der Waals surface area contributed by atoms with Gasteiger partial charge in [-0.15, -0.1) is 0 Å². The Kier molecular flexibility index (Phi) is 6.96. The maximum atomic E-state index is 5.62. The van der Waals surface area contributed by atoms with Crippen molar-refractivity contribution in [1.29, 1.82) is 0 Å². The Balaban J connectivity index is 1.93. The number of guanidine groups is 1. The van der Waals surface area contributed by atoms with Crippen LogP contribution in [0.3, 0.4) is 0 Å². The fourth-order valence-electron chi connectivity index (χ4n) is 2.33. The lowest BCUT2D eigenvalue weighted by Crippen LogP contribution is -2.41. The average molecular weight is 306 g/mol. The van der Waals surface area contributed by atoms with Gasteiger partial charge < -0.3 is 20.1 Å². The van der Waals surface area contributed by atoms with Crippen molar-refractivity contribution in [2.45, 2.75) is 39.3 Å². The molecule has 0 aromatic carbocycles. The van der Waals surface area contributed by atoms with Crippen molar-refractivity contribution in [3.63, 3.8) is 0 Å². The molecule has 2 heterocycles. The Bertz CT molecular complexity index is 473. The van der Waals surface area contributed by atoms with Crippen LogP contribution in [0.5, 0.6) is 5.88 Å². The third-order valence-corrected chi connectivity index (χ3v) is 3.40. The largest absolute Gasteiger partial charge is 0.478 e. The number of nitrogens with zero attached hydrogens (tertiary/aromatic N) is 2. The lowest BCUT2D eigenvalue weighted by atomic mass is 10.2. The summed E-state index contributed by atoms with van der Waals surface area (Å²) in [6, 6.07) is 3.89. The second kappa shape index (κ2) is 9.25. The summed E-state index contributed by atoms with van der Waals surface area (Å²) in [4.78, 5) is 8.86. The van der Waals surface area contributed by atoms with Crippen LogP contribution < -0.4 is 15.4 Å². The van der Waals surface area contributed by atoms with E-state index in [2.05, 4.69) is 27.5 Å². The van der Waals surface area contributed by atoms with Gasteiger partial charge in [0.2, 0.25) is 5.88 Å². The summed E-state index contributed by atoms with van der Waals surface area (Å²) < 4.78 is 11.1. The molecule has 0 amide bonds. The summed E-state index contributed by atoms with van der Waals surface area (Å²) in [6.45, 7) is 7.62. The zero-order chi connectivity index (χ0) is 15.6. The number of aliphatic imine (C=N–C) groups is 1. The highest BCUT2D eigenvalue weighted by molar-refractivity contribution is 5.79. The van der Waals surface area contributed by atoms with Gasteiger partial charge in [-0.25, -0.2) is 9.98 Å². The zero-order valence-electron chi connectivity index (χ0n) is 13.5. The van der Waals surface area contributed by atoms with Crippen LogP contribution in [0.15, 0.2) is 23.3 Å². The maximum absolute atomic E-state index is 5.62. The van der Waals surface area contributed by atoms with Gasteiger partial charge in [0, 0.05) is 31.5 Å². The van der Waals surface area contributed by atoms with Crippen molar-refractivity contribution < 1.29 is 9.47 Å². The normalized spacial score (nSPS) is 18.3. The molecule has 6 heteroatoms. The molecule has 0 bridgehead atoms. The molecule has 0 spiro atoms. The first-order valence-corrected chi connectivity index (χ1v) is 8.04. The second-order valence-corrected chi connectivity index (χ2v) is 5.11. The molecular formula is C16H26N4O2. The highest BCUT2D eigenvalue weighted by Gasteiger charge is 2.15. The van der Waals surface area contributed by atoms with Crippen molar-refractivity contribution in [3.8, 4) is 5.88 Å². The topological polar surface area (TPSA) is 67.8 Å². The van der Waals surface area contributed by atoms with Gasteiger partial charge in [-0.2, -0.15) is 0 Å². The predicted molar refractivity (Wildman–Crippen MR) is 87.2 cm³/mol. The number of ether oxygens (including phenoxy) is 2. The molecule has 122 valence electrons. The molecule has 1 saturated heterocycles. The molecule has 2 N–H and O–H groups in total. The van der Waals surface area contributed by atoms with Gasteiger partial charge in [-0.1, -0.05) is 6.07 Å². The molecule has 1 aromatic heterocycles. The van der Waals surface area contributed by atoms with Gasteiger partial charge >= 0.3 is 0 Å². The maximum Gasteiger partial charge on any atom is 0.218 e. The van der Waals surface area contributed by atoms with Gasteiger partial charge in [0.1, 0.15) is 0 Å². The third kappa shape index (κ3) is 5.18. The van der Waals surface area contributed by atoms with Crippen LogP contribution in [0.2, 0.25) is 0 Å². The van der Waals surface area contributed by atoms with Gasteiger partial charge in [0.05, 0.1) is 19.3 Å². The Hall–Kier alpha value is -1.82. The van der Waals surface area contributed by atoms with Crippen molar-refractivity contribution in [3.05, 3.63) is 23.9 Å². The number of nitrogens with one attached hydrogen (secondary N) is 2. The molecule has 0 radical (unpaired) electrons. The first-order chi connectivity index (χ1) is 10.8. The summed E-state index contributed by atoms with van der Waals surface area (Å²) in [5.41, 5.74) is 0.985. The van der Waals surface area contributed by atoms with Crippen molar-refractivity contribution >= 4 is 5.96 Å². The highest BCUT2D eigenvalue weighted by Crippen LogP contribution is 2.15. The van der Waals surface area contributed by atoms with Crippen LogP contribution in [0.25, 0.3) is 0 Å². The molecule has 1 aliphatic rings. The van der Waals surface area contributed by atoms with Crippen LogP contribution in [0.4, 0.5) is 0 Å². The minimum atomic E-state index is 0.293. The van der Waals surface area contributed by atoms with E-state index in [9.17, 15) is 0 Å². The third-order valence-electron chi connectivity index (χ3n) is 3.40. The quantitative estimate of drug-likeness (QED) is 0.593. The van der Waals surface area contributed by atoms with E-state index in [1.54, 1.807) is 6.20 Å². The Morgan fingerprint density at radius 1 is 1.45 bits per heavy atom. The van der Waals surface area contributed by atoms with E-state index in [4.69, 9.17) is 9.47 Å². The highest BCUT2D eigenvalue weighted by atomic mass is 16.5. The molecule has 1 atom stereocenters. The van der Waals surface area contributed by atoms with E-state index in [-0.39, 0.29) is 0 Å². The fraction of sp³-hybridized carbons (Fsp3) is 0.625. The molecular weight excluding hydrogens is 280 g/mol. The molecule has 0 saturated carbocycles. The Morgan fingerprint density at radius 3 is 3.09 bits per heavy atom. The van der Waals surface area contributed by atoms with Crippen LogP contribution in [0.1, 0.15) is 32.3 Å². The first-order valence-electron chi connectivity index (χ1n) is 8.04. The number of rotatable bonds is 7. The molecule has 1 aromatic rings. The lowest BCUT2D eigenvalue weighted by Gasteiger charge is -2.15. The van der Waals surface area contributed by atoms with E-state index in [1.165, 1.54) is 0 Å². The Morgan fingerprint density at radius 2 is 2.36 bits per heavy atom. The van der Waals surface area contributed by atoms with Gasteiger partial charge in [0.15, 0.2) is 5.96 Å². The first kappa shape index (κ1) is 16.5. The van der Waals surface area contributed by atoms with Gasteiger partial charge in [-0.3, -0.25) is 0 Å². The molecule has 1 aliphatic heterocycles. The smallest absolute Gasteiger partial charge is 0.218 e. The van der Waals surface area contributed by atoms with Crippen molar-refractivity contribution in [1.82, 2.24) is 15.6 Å². The molecule has 2 rings (SSSR count). The summed E-state index contributed by atoms with van der Waals surface area (Å²) >= 11 is 0. The van der Waals surface area contributed by atoms with E-state index < -0.39 is 0 Å². The standard InChI is InChI=1S/C16H26N4O2/c1-3-17-16(20-12-14-8-6-10-22-14)19-11-13-7-5-9-18-15(13)21-4-2/h5,7,9,14H,3-4,6,8,10-12H2,1-2H3,(H2,17,19,20). The number of pyridine rings is 1. The number of hydrogen-bond acceptors (Lipinski definition) is 4. The summed E-state index contributed by atoms with van der Waals surface area (Å²) in [6.07, 6.45) is 4.29. The predicted octanol–water partition coefficient (Wildman–Crippen LogP) is 1.71. The molecule has 1 unspecified atom stereocenters. The molecule has 22 heavy (non-hydrogen) atoms. The number of hydrogen-bond donors (Lipinski definition) is 2. The van der Waals surface area contributed by atoms with Gasteiger partial charge in [-0.05, 0) is 32.8 Å². The van der Waals surface area contributed by atoms with E-state index in [1.807, 2.05) is 19.1 Å². The van der Waals surface area contributed by atoms with Crippen LogP contribution in [-0.2, 0) is 11.3 Å². The molecule has 0 aliphatic carbocycles. The summed E-state index contributed by atoms with van der Waals surface area (Å²) in [5, 5.41) is 6.59. The minimum absolute atomic E-state index is 0.293. The van der Waals surface area contributed by atoms with Crippen LogP contribution >= 0.6 is 0 Å². The van der Waals surface area contributed by atoms with E-state index >= 15 is 0 Å². The minimum Gasteiger partial charge on any atom is -0.478 e. The van der Waals surface area contributed by atoms with E-state index in [0.29, 0.717) is 25.1 Å². The lowest BCUT2D eigenvalue weighted by molar-refractivity contribution is 0.114. The van der Waals surface area contributed by atoms with Crippen molar-refractivity contribution in [2.75, 3.05) is 26.3 Å². The van der Waals surface area contributed by atoms with E-state index in [0.717, 1.165) is 44.1 Å².